The minimum atomic E-state index is -3.99. The number of aromatic nitrogens is 1. The molecule has 1 aromatic heterocycles. The highest BCUT2D eigenvalue weighted by molar-refractivity contribution is 7.89. The van der Waals surface area contributed by atoms with Gasteiger partial charge in [-0.2, -0.15) is 0 Å². The number of carbonyl (C=O) groups is 2. The van der Waals surface area contributed by atoms with E-state index in [9.17, 15) is 18.0 Å². The number of hydrogen-bond donors (Lipinski definition) is 2. The summed E-state index contributed by atoms with van der Waals surface area (Å²) in [5, 5.41) is 3.37. The van der Waals surface area contributed by atoms with Gasteiger partial charge in [-0.15, -0.1) is 11.3 Å². The number of ether oxygens (including phenoxy) is 1. The van der Waals surface area contributed by atoms with Crippen LogP contribution in [0, 0.1) is 0 Å². The number of amides is 2. The third-order valence-electron chi connectivity index (χ3n) is 6.66. The first-order chi connectivity index (χ1) is 21.7. The lowest BCUT2D eigenvalue weighted by Crippen LogP contribution is -2.40. The molecule has 4 aromatic rings. The van der Waals surface area contributed by atoms with Crippen LogP contribution in [0.25, 0.3) is 21.0 Å². The number of likely N-dealkylation sites (N-methyl/N-ethyl adjacent to an activating group) is 1. The van der Waals surface area contributed by atoms with E-state index in [0.717, 1.165) is 24.1 Å². The van der Waals surface area contributed by atoms with Gasteiger partial charge < -0.3 is 14.5 Å². The molecule has 2 N–H and O–H groups in total. The summed E-state index contributed by atoms with van der Waals surface area (Å²) in [5.74, 6) is 0. The summed E-state index contributed by atoms with van der Waals surface area (Å²) in [6.07, 6.45) is 1.60. The summed E-state index contributed by atoms with van der Waals surface area (Å²) in [5.41, 5.74) is 2.77. The number of anilines is 2. The zero-order valence-electron chi connectivity index (χ0n) is 27.0. The van der Waals surface area contributed by atoms with Gasteiger partial charge in [-0.1, -0.05) is 36.4 Å². The second-order valence-electron chi connectivity index (χ2n) is 12.2. The first-order valence-electron chi connectivity index (χ1n) is 14.9. The molecule has 1 heterocycles. The summed E-state index contributed by atoms with van der Waals surface area (Å²) >= 11 is 1.35. The van der Waals surface area contributed by atoms with Crippen LogP contribution in [0.5, 0.6) is 0 Å². The molecule has 0 aliphatic heterocycles. The van der Waals surface area contributed by atoms with E-state index in [4.69, 9.17) is 4.74 Å². The molecule has 0 unspecified atom stereocenters. The summed E-state index contributed by atoms with van der Waals surface area (Å²) in [7, 11) is -2.01. The van der Waals surface area contributed by atoms with Crippen molar-refractivity contribution in [2.75, 3.05) is 30.4 Å². The molecule has 3 aromatic carbocycles. The Hall–Kier alpha value is -4.10. The van der Waals surface area contributed by atoms with Crippen molar-refractivity contribution in [3.63, 3.8) is 0 Å². The number of sulfonamides is 1. The van der Waals surface area contributed by atoms with E-state index in [0.29, 0.717) is 39.9 Å². The number of benzene rings is 3. The van der Waals surface area contributed by atoms with Gasteiger partial charge in [0.25, 0.3) is 0 Å². The molecule has 0 atom stereocenters. The maximum absolute atomic E-state index is 13.8. The standard InChI is InChI=1S/C34H41N5O5S2/c1-24(2)44-33(41)36-27-14-12-26(13-15-27)32-35-21-30(45-32)29-17-16-28(20-31(29)46(42,43)37-34(3,4)5)39(23-40)19-18-38(6)22-25-10-8-7-9-11-25/h7-17,20-21,23-24,37H,18-19,22H2,1-6H3,(H,36,41). The third-order valence-corrected chi connectivity index (χ3v) is 9.54. The molecule has 244 valence electrons. The second kappa shape index (κ2) is 15.0. The Bertz CT molecular complexity index is 1730. The van der Waals surface area contributed by atoms with E-state index in [2.05, 4.69) is 32.1 Å². The average molecular weight is 664 g/mol. The van der Waals surface area contributed by atoms with Crippen molar-refractivity contribution in [1.29, 1.82) is 0 Å². The topological polar surface area (TPSA) is 121 Å². The molecule has 0 bridgehead atoms. The van der Waals surface area contributed by atoms with Crippen molar-refractivity contribution in [2.45, 2.75) is 57.7 Å². The largest absolute Gasteiger partial charge is 0.447 e. The van der Waals surface area contributed by atoms with Gasteiger partial charge in [-0.25, -0.2) is 22.9 Å². The molecular weight excluding hydrogens is 623 g/mol. The van der Waals surface area contributed by atoms with E-state index in [1.807, 2.05) is 37.4 Å². The van der Waals surface area contributed by atoms with Crippen LogP contribution in [0.3, 0.4) is 0 Å². The van der Waals surface area contributed by atoms with Crippen LogP contribution in [-0.4, -0.2) is 62.6 Å². The lowest BCUT2D eigenvalue weighted by atomic mass is 10.1. The predicted octanol–water partition coefficient (Wildman–Crippen LogP) is 6.61. The Kier molecular flexibility index (Phi) is 11.3. The quantitative estimate of drug-likeness (QED) is 0.155. The molecule has 0 spiro atoms. The minimum Gasteiger partial charge on any atom is -0.447 e. The molecule has 2 amide bonds. The van der Waals surface area contributed by atoms with Crippen molar-refractivity contribution >= 4 is 45.2 Å². The maximum atomic E-state index is 13.8. The summed E-state index contributed by atoms with van der Waals surface area (Å²) in [4.78, 5) is 33.1. The summed E-state index contributed by atoms with van der Waals surface area (Å²) in [6, 6.07) is 22.2. The number of thiazole rings is 1. The fourth-order valence-electron chi connectivity index (χ4n) is 4.66. The van der Waals surface area contributed by atoms with Gasteiger partial charge in [-0.05, 0) is 83.6 Å². The molecular formula is C34H41N5O5S2. The zero-order valence-corrected chi connectivity index (χ0v) is 28.6. The van der Waals surface area contributed by atoms with Gasteiger partial charge in [0.15, 0.2) is 0 Å². The third kappa shape index (κ3) is 9.70. The van der Waals surface area contributed by atoms with E-state index < -0.39 is 21.7 Å². The van der Waals surface area contributed by atoms with Gasteiger partial charge in [0.05, 0.1) is 15.9 Å². The lowest BCUT2D eigenvalue weighted by molar-refractivity contribution is -0.107. The summed E-state index contributed by atoms with van der Waals surface area (Å²) < 4.78 is 35.4. The van der Waals surface area contributed by atoms with E-state index >= 15 is 0 Å². The number of hydrogen-bond acceptors (Lipinski definition) is 8. The van der Waals surface area contributed by atoms with Crippen LogP contribution in [0.4, 0.5) is 16.2 Å². The smallest absolute Gasteiger partial charge is 0.411 e. The number of nitrogens with zero attached hydrogens (tertiary/aromatic N) is 3. The lowest BCUT2D eigenvalue weighted by Gasteiger charge is -2.25. The van der Waals surface area contributed by atoms with Crippen LogP contribution in [-0.2, 0) is 26.1 Å². The molecule has 0 radical (unpaired) electrons. The zero-order chi connectivity index (χ0) is 33.5. The van der Waals surface area contributed by atoms with Crippen LogP contribution >= 0.6 is 11.3 Å². The number of nitrogens with one attached hydrogen (secondary N) is 2. The molecule has 46 heavy (non-hydrogen) atoms. The van der Waals surface area contributed by atoms with Gasteiger partial charge >= 0.3 is 6.09 Å². The van der Waals surface area contributed by atoms with Gasteiger partial charge in [0.1, 0.15) is 5.01 Å². The van der Waals surface area contributed by atoms with Crippen LogP contribution in [0.2, 0.25) is 0 Å². The van der Waals surface area contributed by atoms with Crippen LogP contribution < -0.4 is 14.9 Å². The highest BCUT2D eigenvalue weighted by Gasteiger charge is 2.27. The Morgan fingerprint density at radius 1 is 1.02 bits per heavy atom. The molecule has 0 aliphatic carbocycles. The first kappa shape index (κ1) is 34.8. The molecule has 0 aliphatic rings. The maximum Gasteiger partial charge on any atom is 0.411 e. The first-order valence-corrected chi connectivity index (χ1v) is 17.2. The van der Waals surface area contributed by atoms with E-state index in [-0.39, 0.29) is 11.0 Å². The SMILES string of the molecule is CC(C)OC(=O)Nc1ccc(-c2ncc(-c3ccc(N(C=O)CCN(C)Cc4ccccc4)cc3S(=O)(=O)NC(C)(C)C)s2)cc1. The normalized spacial score (nSPS) is 11.9. The molecule has 0 saturated carbocycles. The van der Waals surface area contributed by atoms with E-state index in [1.165, 1.54) is 16.2 Å². The van der Waals surface area contributed by atoms with Crippen molar-refractivity contribution in [2.24, 2.45) is 0 Å². The number of carbonyl (C=O) groups excluding carboxylic acids is 2. The van der Waals surface area contributed by atoms with E-state index in [1.54, 1.807) is 71.1 Å². The highest BCUT2D eigenvalue weighted by Crippen LogP contribution is 2.37. The van der Waals surface area contributed by atoms with Gasteiger partial charge in [-0.3, -0.25) is 10.1 Å². The van der Waals surface area contributed by atoms with Crippen molar-refractivity contribution in [3.05, 3.63) is 84.6 Å². The summed E-state index contributed by atoms with van der Waals surface area (Å²) in [6.45, 7) is 10.6. The fraction of sp³-hybridized carbons (Fsp3) is 0.324. The molecule has 0 fully saturated rings. The predicted molar refractivity (Wildman–Crippen MR) is 184 cm³/mol. The molecule has 4 rings (SSSR count). The minimum absolute atomic E-state index is 0.0582. The van der Waals surface area contributed by atoms with Gasteiger partial charge in [0, 0.05) is 53.9 Å². The second-order valence-corrected chi connectivity index (χ2v) is 14.9. The average Bonchev–Trinajstić information content (AvgIpc) is 3.47. The van der Waals surface area contributed by atoms with Crippen molar-refractivity contribution in [1.82, 2.24) is 14.6 Å². The monoisotopic (exact) mass is 663 g/mol. The van der Waals surface area contributed by atoms with Gasteiger partial charge in [0.2, 0.25) is 16.4 Å². The van der Waals surface area contributed by atoms with Crippen molar-refractivity contribution in [3.8, 4) is 21.0 Å². The number of rotatable bonds is 13. The molecule has 0 saturated heterocycles. The van der Waals surface area contributed by atoms with Crippen LogP contribution in [0.15, 0.2) is 83.9 Å². The highest BCUT2D eigenvalue weighted by atomic mass is 32.2. The Morgan fingerprint density at radius 3 is 2.35 bits per heavy atom. The Balaban J connectivity index is 1.60. The Morgan fingerprint density at radius 2 is 1.72 bits per heavy atom. The fourth-order valence-corrected chi connectivity index (χ4v) is 7.34. The molecule has 12 heteroatoms. The molecule has 10 nitrogen and oxygen atoms in total. The van der Waals surface area contributed by atoms with Crippen LogP contribution in [0.1, 0.15) is 40.2 Å². The Labute approximate surface area is 275 Å². The van der Waals surface area contributed by atoms with Crippen molar-refractivity contribution < 1.29 is 22.7 Å².